The fraction of sp³-hybridized carbons (Fsp3) is 0.727. The van der Waals surface area contributed by atoms with Crippen LogP contribution in [-0.2, 0) is 0 Å². The van der Waals surface area contributed by atoms with Gasteiger partial charge in [0.05, 0.1) is 12.5 Å². The molecular weight excluding hydrogens is 279 g/mol. The molecule has 4 nitrogen and oxygen atoms in total. The van der Waals surface area contributed by atoms with Crippen molar-refractivity contribution in [2.75, 3.05) is 30.3 Å². The number of hydrogen-bond acceptors (Lipinski definition) is 5. The Morgan fingerprint density at radius 1 is 1.42 bits per heavy atom. The summed E-state index contributed by atoms with van der Waals surface area (Å²) in [6, 6.07) is 0. The molecule has 1 aliphatic rings. The van der Waals surface area contributed by atoms with Gasteiger partial charge in [0.15, 0.2) is 16.6 Å². The van der Waals surface area contributed by atoms with Crippen LogP contribution >= 0.6 is 11.5 Å². The molecule has 0 unspecified atom stereocenters. The monoisotopic (exact) mass is 295 g/mol. The second-order valence-electron chi connectivity index (χ2n) is 4.44. The summed E-state index contributed by atoms with van der Waals surface area (Å²) in [6.45, 7) is 2.99. The third kappa shape index (κ3) is 3.05. The molecule has 0 spiro atoms. The third-order valence-electron chi connectivity index (χ3n) is 3.19. The zero-order valence-electron chi connectivity index (χ0n) is 10.5. The molecule has 0 bridgehead atoms. The maximum Gasteiger partial charge on any atom is 0.391 e. The van der Waals surface area contributed by atoms with Crippen molar-refractivity contribution in [2.45, 2.75) is 25.9 Å². The van der Waals surface area contributed by atoms with Crippen LogP contribution in [0.1, 0.15) is 19.8 Å². The topological polar surface area (TPSA) is 51.4 Å². The highest BCUT2D eigenvalue weighted by molar-refractivity contribution is 7.11. The van der Waals surface area contributed by atoms with Crippen molar-refractivity contribution in [3.05, 3.63) is 0 Å². The SMILES string of the molecule is CCOc1c(N)nsc1N1CCC(C(F)(F)F)CC1. The highest BCUT2D eigenvalue weighted by atomic mass is 32.1. The van der Waals surface area contributed by atoms with E-state index in [0.717, 1.165) is 5.00 Å². The van der Waals surface area contributed by atoms with Gasteiger partial charge >= 0.3 is 6.18 Å². The number of nitrogen functional groups attached to an aromatic ring is 1. The maximum atomic E-state index is 12.6. The number of rotatable bonds is 3. The van der Waals surface area contributed by atoms with Gasteiger partial charge in [-0.2, -0.15) is 17.5 Å². The molecule has 0 amide bonds. The van der Waals surface area contributed by atoms with Gasteiger partial charge in [-0.05, 0) is 31.3 Å². The molecule has 2 rings (SSSR count). The standard InChI is InChI=1S/C11H16F3N3OS/c1-2-18-8-9(15)16-19-10(8)17-5-3-7(4-6-17)11(12,13)14/h7H,2-6H2,1H3,(H2,15,16). The van der Waals surface area contributed by atoms with Gasteiger partial charge in [-0.25, -0.2) is 0 Å². The predicted octanol–water partition coefficient (Wildman–Crippen LogP) is 2.90. The zero-order chi connectivity index (χ0) is 14.0. The molecule has 108 valence electrons. The summed E-state index contributed by atoms with van der Waals surface area (Å²) in [4.78, 5) is 1.88. The molecule has 1 aromatic rings. The number of halogens is 3. The fourth-order valence-electron chi connectivity index (χ4n) is 2.18. The van der Waals surface area contributed by atoms with Crippen LogP contribution in [-0.4, -0.2) is 30.2 Å². The van der Waals surface area contributed by atoms with Gasteiger partial charge in [-0.1, -0.05) is 0 Å². The predicted molar refractivity (Wildman–Crippen MR) is 68.7 cm³/mol. The Morgan fingerprint density at radius 3 is 2.58 bits per heavy atom. The molecule has 0 saturated carbocycles. The molecule has 0 aliphatic carbocycles. The third-order valence-corrected chi connectivity index (χ3v) is 4.10. The van der Waals surface area contributed by atoms with Crippen LogP contribution in [0.15, 0.2) is 0 Å². The quantitative estimate of drug-likeness (QED) is 0.931. The molecule has 2 N–H and O–H groups in total. The summed E-state index contributed by atoms with van der Waals surface area (Å²) in [6.07, 6.45) is -3.89. The number of alkyl halides is 3. The van der Waals surface area contributed by atoms with Crippen molar-refractivity contribution in [1.82, 2.24) is 4.37 Å². The first-order chi connectivity index (χ1) is 8.93. The molecule has 2 heterocycles. The molecular formula is C11H16F3N3OS. The first-order valence-electron chi connectivity index (χ1n) is 6.13. The summed E-state index contributed by atoms with van der Waals surface area (Å²) < 4.78 is 47.2. The normalized spacial score (nSPS) is 17.8. The zero-order valence-corrected chi connectivity index (χ0v) is 11.4. The van der Waals surface area contributed by atoms with Gasteiger partial charge in [0.2, 0.25) is 0 Å². The van der Waals surface area contributed by atoms with Crippen LogP contribution in [0, 0.1) is 5.92 Å². The average molecular weight is 295 g/mol. The van der Waals surface area contributed by atoms with Gasteiger partial charge in [0, 0.05) is 13.1 Å². The molecule has 0 radical (unpaired) electrons. The Balaban J connectivity index is 2.06. The second kappa shape index (κ2) is 5.44. The molecule has 1 saturated heterocycles. The first-order valence-corrected chi connectivity index (χ1v) is 6.90. The number of anilines is 2. The number of ether oxygens (including phenoxy) is 1. The van der Waals surface area contributed by atoms with E-state index in [-0.39, 0.29) is 12.8 Å². The van der Waals surface area contributed by atoms with Crippen LogP contribution in [0.25, 0.3) is 0 Å². The lowest BCUT2D eigenvalue weighted by atomic mass is 9.96. The lowest BCUT2D eigenvalue weighted by Gasteiger charge is -2.33. The lowest BCUT2D eigenvalue weighted by Crippen LogP contribution is -2.38. The van der Waals surface area contributed by atoms with Crippen LogP contribution in [0.4, 0.5) is 24.0 Å². The van der Waals surface area contributed by atoms with Crippen LogP contribution in [0.5, 0.6) is 5.75 Å². The number of nitrogens with zero attached hydrogens (tertiary/aromatic N) is 2. The average Bonchev–Trinajstić information content (AvgIpc) is 2.71. The smallest absolute Gasteiger partial charge is 0.391 e. The molecule has 0 atom stereocenters. The van der Waals surface area contributed by atoms with E-state index in [4.69, 9.17) is 10.5 Å². The highest BCUT2D eigenvalue weighted by Crippen LogP contribution is 2.42. The second-order valence-corrected chi connectivity index (χ2v) is 5.19. The summed E-state index contributed by atoms with van der Waals surface area (Å²) in [5.74, 6) is -0.401. The van der Waals surface area contributed by atoms with E-state index in [1.54, 1.807) is 0 Å². The van der Waals surface area contributed by atoms with E-state index in [0.29, 0.717) is 31.3 Å². The van der Waals surface area contributed by atoms with Crippen molar-refractivity contribution in [3.8, 4) is 5.75 Å². The Labute approximate surface area is 113 Å². The van der Waals surface area contributed by atoms with Crippen molar-refractivity contribution in [3.63, 3.8) is 0 Å². The van der Waals surface area contributed by atoms with E-state index in [1.165, 1.54) is 11.5 Å². The van der Waals surface area contributed by atoms with Crippen LogP contribution < -0.4 is 15.4 Å². The van der Waals surface area contributed by atoms with Gasteiger partial charge in [-0.15, -0.1) is 0 Å². The van der Waals surface area contributed by atoms with E-state index in [2.05, 4.69) is 4.37 Å². The van der Waals surface area contributed by atoms with E-state index < -0.39 is 12.1 Å². The minimum absolute atomic E-state index is 0.104. The van der Waals surface area contributed by atoms with E-state index in [9.17, 15) is 13.2 Å². The van der Waals surface area contributed by atoms with Crippen molar-refractivity contribution < 1.29 is 17.9 Å². The van der Waals surface area contributed by atoms with Crippen molar-refractivity contribution in [1.29, 1.82) is 0 Å². The highest BCUT2D eigenvalue weighted by Gasteiger charge is 2.41. The number of piperidine rings is 1. The minimum atomic E-state index is -4.10. The van der Waals surface area contributed by atoms with Crippen molar-refractivity contribution >= 4 is 22.4 Å². The molecule has 1 fully saturated rings. The summed E-state index contributed by atoms with van der Waals surface area (Å²) in [5.41, 5.74) is 5.70. The number of aromatic nitrogens is 1. The van der Waals surface area contributed by atoms with Gasteiger partial charge in [-0.3, -0.25) is 0 Å². The minimum Gasteiger partial charge on any atom is -0.487 e. The molecule has 8 heteroatoms. The lowest BCUT2D eigenvalue weighted by molar-refractivity contribution is -0.179. The largest absolute Gasteiger partial charge is 0.487 e. The van der Waals surface area contributed by atoms with E-state index in [1.807, 2.05) is 11.8 Å². The molecule has 0 aromatic carbocycles. The number of nitrogens with two attached hydrogens (primary N) is 1. The van der Waals surface area contributed by atoms with Crippen molar-refractivity contribution in [2.24, 2.45) is 5.92 Å². The van der Waals surface area contributed by atoms with Crippen LogP contribution in [0.3, 0.4) is 0 Å². The Bertz CT molecular complexity index is 427. The van der Waals surface area contributed by atoms with Gasteiger partial charge in [0.1, 0.15) is 0 Å². The maximum absolute atomic E-state index is 12.6. The van der Waals surface area contributed by atoms with E-state index >= 15 is 0 Å². The van der Waals surface area contributed by atoms with Gasteiger partial charge < -0.3 is 15.4 Å². The molecule has 19 heavy (non-hydrogen) atoms. The summed E-state index contributed by atoms with van der Waals surface area (Å²) in [7, 11) is 0. The Hall–Kier alpha value is -1.18. The Morgan fingerprint density at radius 2 is 2.05 bits per heavy atom. The van der Waals surface area contributed by atoms with Gasteiger partial charge in [0.25, 0.3) is 0 Å². The number of hydrogen-bond donors (Lipinski definition) is 1. The molecule has 1 aliphatic heterocycles. The first kappa shape index (κ1) is 14.2. The fourth-order valence-corrected chi connectivity index (χ4v) is 2.99. The van der Waals surface area contributed by atoms with Crippen LogP contribution in [0.2, 0.25) is 0 Å². The summed E-state index contributed by atoms with van der Waals surface area (Å²) >= 11 is 1.18. The molecule has 1 aromatic heterocycles. The summed E-state index contributed by atoms with van der Waals surface area (Å²) in [5, 5.41) is 0.736. The Kier molecular flexibility index (Phi) is 4.07.